The van der Waals surface area contributed by atoms with Crippen LogP contribution in [0.5, 0.6) is 11.5 Å². The molecule has 30 heavy (non-hydrogen) atoms. The molecule has 2 heterocycles. The maximum Gasteiger partial charge on any atom is 0.295 e. The molecule has 2 aromatic rings. The Kier molecular flexibility index (Phi) is 5.65. The molecule has 1 saturated heterocycles. The van der Waals surface area contributed by atoms with Crippen LogP contribution in [-0.4, -0.2) is 55.2 Å². The Labute approximate surface area is 178 Å². The molecule has 0 saturated carbocycles. The van der Waals surface area contributed by atoms with Gasteiger partial charge in [0.15, 0.2) is 11.5 Å². The molecule has 8 heteroatoms. The summed E-state index contributed by atoms with van der Waals surface area (Å²) < 4.78 is 16.2. The SMILES string of the molecule is COCCN1C(=O)C(=O)C(=C(O)c2ccc3c(c2)OCCO3)[C@@H]1c1cccc(Cl)c1. The zero-order valence-corrected chi connectivity index (χ0v) is 17.0. The van der Waals surface area contributed by atoms with Crippen LogP contribution in [0.25, 0.3) is 5.76 Å². The molecule has 4 rings (SSSR count). The molecule has 0 bridgehead atoms. The Morgan fingerprint density at radius 1 is 1.17 bits per heavy atom. The lowest BCUT2D eigenvalue weighted by Crippen LogP contribution is -2.32. The van der Waals surface area contributed by atoms with E-state index in [0.29, 0.717) is 40.9 Å². The van der Waals surface area contributed by atoms with Gasteiger partial charge in [-0.2, -0.15) is 0 Å². The molecule has 1 N–H and O–H groups in total. The minimum absolute atomic E-state index is 0.00459. The van der Waals surface area contributed by atoms with Crippen molar-refractivity contribution in [3.63, 3.8) is 0 Å². The van der Waals surface area contributed by atoms with E-state index in [1.54, 1.807) is 42.5 Å². The van der Waals surface area contributed by atoms with Crippen molar-refractivity contribution < 1.29 is 28.9 Å². The molecule has 2 aromatic carbocycles. The summed E-state index contributed by atoms with van der Waals surface area (Å²) in [6, 6.07) is 11.0. The lowest BCUT2D eigenvalue weighted by atomic mass is 9.95. The molecule has 7 nitrogen and oxygen atoms in total. The molecular weight excluding hydrogens is 410 g/mol. The highest BCUT2D eigenvalue weighted by molar-refractivity contribution is 6.46. The van der Waals surface area contributed by atoms with Crippen LogP contribution in [0.15, 0.2) is 48.0 Å². The molecular formula is C22H20ClNO6. The van der Waals surface area contributed by atoms with Crippen molar-refractivity contribution in [2.75, 3.05) is 33.5 Å². The molecule has 1 atom stereocenters. The molecule has 0 aliphatic carbocycles. The first-order chi connectivity index (χ1) is 14.5. The Bertz CT molecular complexity index is 1030. The summed E-state index contributed by atoms with van der Waals surface area (Å²) in [4.78, 5) is 27.1. The highest BCUT2D eigenvalue weighted by Crippen LogP contribution is 2.41. The molecule has 0 spiro atoms. The second kappa shape index (κ2) is 8.38. The van der Waals surface area contributed by atoms with E-state index in [1.165, 1.54) is 12.0 Å². The van der Waals surface area contributed by atoms with E-state index < -0.39 is 17.7 Å². The van der Waals surface area contributed by atoms with E-state index >= 15 is 0 Å². The molecule has 156 valence electrons. The van der Waals surface area contributed by atoms with Crippen molar-refractivity contribution in [1.29, 1.82) is 0 Å². The Hall–Kier alpha value is -3.03. The van der Waals surface area contributed by atoms with Crippen molar-refractivity contribution >= 4 is 29.1 Å². The molecule has 0 unspecified atom stereocenters. The molecule has 2 aliphatic heterocycles. The normalized spacial score (nSPS) is 19.9. The number of rotatable bonds is 5. The van der Waals surface area contributed by atoms with Crippen LogP contribution in [0.3, 0.4) is 0 Å². The van der Waals surface area contributed by atoms with Gasteiger partial charge in [0.25, 0.3) is 11.7 Å². The van der Waals surface area contributed by atoms with Gasteiger partial charge in [0.2, 0.25) is 0 Å². The standard InChI is InChI=1S/C22H20ClNO6/c1-28-8-7-24-19(13-3-2-4-15(23)11-13)18(21(26)22(24)27)20(25)14-5-6-16-17(12-14)30-10-9-29-16/h2-6,11-12,19,25H,7-10H2,1H3/t19-/m0/s1. The van der Waals surface area contributed by atoms with Crippen molar-refractivity contribution in [2.24, 2.45) is 0 Å². The summed E-state index contributed by atoms with van der Waals surface area (Å²) in [5.74, 6) is -0.710. The maximum absolute atomic E-state index is 12.9. The monoisotopic (exact) mass is 429 g/mol. The number of carbonyl (C=O) groups excluding carboxylic acids is 2. The number of aliphatic hydroxyl groups excluding tert-OH is 1. The van der Waals surface area contributed by atoms with E-state index in [1.807, 2.05) is 0 Å². The van der Waals surface area contributed by atoms with Gasteiger partial charge >= 0.3 is 0 Å². The fraction of sp³-hybridized carbons (Fsp3) is 0.273. The smallest absolute Gasteiger partial charge is 0.295 e. The fourth-order valence-corrected chi connectivity index (χ4v) is 3.87. The average Bonchev–Trinajstić information content (AvgIpc) is 3.01. The number of amides is 1. The van der Waals surface area contributed by atoms with Gasteiger partial charge in [-0.3, -0.25) is 9.59 Å². The van der Waals surface area contributed by atoms with Crippen molar-refractivity contribution in [2.45, 2.75) is 6.04 Å². The third-order valence-electron chi connectivity index (χ3n) is 5.06. The lowest BCUT2D eigenvalue weighted by Gasteiger charge is -2.25. The van der Waals surface area contributed by atoms with E-state index in [0.717, 1.165) is 0 Å². The van der Waals surface area contributed by atoms with Crippen LogP contribution < -0.4 is 9.47 Å². The quantitative estimate of drug-likeness (QED) is 0.446. The van der Waals surface area contributed by atoms with E-state index in [-0.39, 0.29) is 24.5 Å². The highest BCUT2D eigenvalue weighted by atomic mass is 35.5. The van der Waals surface area contributed by atoms with Crippen LogP contribution in [-0.2, 0) is 14.3 Å². The second-order valence-electron chi connectivity index (χ2n) is 6.90. The first kappa shape index (κ1) is 20.3. The Morgan fingerprint density at radius 3 is 2.67 bits per heavy atom. The third-order valence-corrected chi connectivity index (χ3v) is 5.29. The average molecular weight is 430 g/mol. The number of ether oxygens (including phenoxy) is 3. The lowest BCUT2D eigenvalue weighted by molar-refractivity contribution is -0.140. The van der Waals surface area contributed by atoms with Crippen LogP contribution in [0.2, 0.25) is 5.02 Å². The summed E-state index contributed by atoms with van der Waals surface area (Å²) in [5.41, 5.74) is 0.975. The minimum atomic E-state index is -0.785. The zero-order chi connectivity index (χ0) is 21.3. The van der Waals surface area contributed by atoms with Gasteiger partial charge in [0.05, 0.1) is 18.2 Å². The summed E-state index contributed by atoms with van der Waals surface area (Å²) in [6.45, 7) is 1.27. The molecule has 2 aliphatic rings. The first-order valence-corrected chi connectivity index (χ1v) is 9.82. The van der Waals surface area contributed by atoms with Crippen LogP contribution >= 0.6 is 11.6 Å². The van der Waals surface area contributed by atoms with Crippen LogP contribution in [0.1, 0.15) is 17.2 Å². The van der Waals surface area contributed by atoms with E-state index in [4.69, 9.17) is 25.8 Å². The van der Waals surface area contributed by atoms with Crippen molar-refractivity contribution in [3.8, 4) is 11.5 Å². The predicted molar refractivity (Wildman–Crippen MR) is 110 cm³/mol. The number of nitrogens with zero attached hydrogens (tertiary/aromatic N) is 1. The first-order valence-electron chi connectivity index (χ1n) is 9.44. The van der Waals surface area contributed by atoms with Crippen LogP contribution in [0.4, 0.5) is 0 Å². The van der Waals surface area contributed by atoms with Crippen molar-refractivity contribution in [1.82, 2.24) is 4.90 Å². The Balaban J connectivity index is 1.84. The summed E-state index contributed by atoms with van der Waals surface area (Å²) >= 11 is 6.15. The van der Waals surface area contributed by atoms with E-state index in [2.05, 4.69) is 0 Å². The number of methoxy groups -OCH3 is 1. The molecule has 0 radical (unpaired) electrons. The third kappa shape index (κ3) is 3.62. The van der Waals surface area contributed by atoms with Gasteiger partial charge in [0, 0.05) is 24.2 Å². The second-order valence-corrected chi connectivity index (χ2v) is 7.34. The molecule has 1 amide bonds. The van der Waals surface area contributed by atoms with Gasteiger partial charge in [-0.1, -0.05) is 23.7 Å². The van der Waals surface area contributed by atoms with Crippen LogP contribution in [0, 0.1) is 0 Å². The van der Waals surface area contributed by atoms with Gasteiger partial charge in [-0.25, -0.2) is 0 Å². The van der Waals surface area contributed by atoms with Gasteiger partial charge in [-0.05, 0) is 35.9 Å². The molecule has 1 fully saturated rings. The number of carbonyl (C=O) groups is 2. The van der Waals surface area contributed by atoms with E-state index in [9.17, 15) is 14.7 Å². The summed E-state index contributed by atoms with van der Waals surface area (Å²) in [5, 5.41) is 11.5. The summed E-state index contributed by atoms with van der Waals surface area (Å²) in [6.07, 6.45) is 0. The summed E-state index contributed by atoms with van der Waals surface area (Å²) in [7, 11) is 1.51. The predicted octanol–water partition coefficient (Wildman–Crippen LogP) is 3.18. The number of hydrogen-bond donors (Lipinski definition) is 1. The number of halogens is 1. The zero-order valence-electron chi connectivity index (χ0n) is 16.3. The number of fused-ring (bicyclic) bond motifs is 1. The van der Waals surface area contributed by atoms with Crippen molar-refractivity contribution in [3.05, 3.63) is 64.2 Å². The number of ketones is 1. The highest BCUT2D eigenvalue weighted by Gasteiger charge is 2.46. The largest absolute Gasteiger partial charge is 0.507 e. The maximum atomic E-state index is 12.9. The van der Waals surface area contributed by atoms with Gasteiger partial charge in [-0.15, -0.1) is 0 Å². The van der Waals surface area contributed by atoms with Gasteiger partial charge in [0.1, 0.15) is 19.0 Å². The number of hydrogen-bond acceptors (Lipinski definition) is 6. The number of likely N-dealkylation sites (tertiary alicyclic amines) is 1. The minimum Gasteiger partial charge on any atom is -0.507 e. The fourth-order valence-electron chi connectivity index (χ4n) is 3.67. The number of benzene rings is 2. The number of Topliss-reactive ketones (excluding diaryl/α,β-unsaturated/α-hetero) is 1. The van der Waals surface area contributed by atoms with Gasteiger partial charge < -0.3 is 24.2 Å². The Morgan fingerprint density at radius 2 is 1.93 bits per heavy atom. The number of aliphatic hydroxyl groups is 1. The topological polar surface area (TPSA) is 85.3 Å². The molecule has 0 aromatic heterocycles.